The van der Waals surface area contributed by atoms with E-state index >= 15 is 0 Å². The molecule has 1 aromatic rings. The summed E-state index contributed by atoms with van der Waals surface area (Å²) in [7, 11) is -2.34. The van der Waals surface area contributed by atoms with Crippen molar-refractivity contribution >= 4 is 33.3 Å². The molecule has 1 aliphatic rings. The van der Waals surface area contributed by atoms with Crippen LogP contribution < -0.4 is 25.6 Å². The Balaban J connectivity index is 1.83. The standard InChI is InChI=1S/C16H24N4O4S2/c1-11(15(21)18-19-16(25)17-12-5-3-4-6-12)20-26(22,23)14-9-7-13(24-2)8-10-14/h7-12,20H,3-6H2,1-2H3,(H,18,21)(H2,17,19,25)/t11-/m0/s1. The molecule has 0 aromatic heterocycles. The van der Waals surface area contributed by atoms with E-state index in [0.29, 0.717) is 16.9 Å². The fourth-order valence-corrected chi connectivity index (χ4v) is 4.05. The summed E-state index contributed by atoms with van der Waals surface area (Å²) in [4.78, 5) is 12.1. The van der Waals surface area contributed by atoms with E-state index in [4.69, 9.17) is 17.0 Å². The highest BCUT2D eigenvalue weighted by atomic mass is 32.2. The van der Waals surface area contributed by atoms with Crippen molar-refractivity contribution in [1.82, 2.24) is 20.9 Å². The molecule has 1 amide bonds. The van der Waals surface area contributed by atoms with Gasteiger partial charge in [0.15, 0.2) is 5.11 Å². The number of benzene rings is 1. The van der Waals surface area contributed by atoms with Crippen LogP contribution in [0.4, 0.5) is 0 Å². The smallest absolute Gasteiger partial charge is 0.256 e. The van der Waals surface area contributed by atoms with Gasteiger partial charge in [-0.2, -0.15) is 4.72 Å². The molecule has 0 radical (unpaired) electrons. The number of rotatable bonds is 6. The highest BCUT2D eigenvalue weighted by Crippen LogP contribution is 2.17. The van der Waals surface area contributed by atoms with Gasteiger partial charge in [-0.3, -0.25) is 15.6 Å². The van der Waals surface area contributed by atoms with Gasteiger partial charge in [-0.15, -0.1) is 0 Å². The van der Waals surface area contributed by atoms with Crippen molar-refractivity contribution in [3.05, 3.63) is 24.3 Å². The van der Waals surface area contributed by atoms with E-state index in [-0.39, 0.29) is 4.90 Å². The lowest BCUT2D eigenvalue weighted by molar-refractivity contribution is -0.122. The average molecular weight is 401 g/mol. The number of carbonyl (C=O) groups is 1. The first-order valence-corrected chi connectivity index (χ1v) is 10.2. The van der Waals surface area contributed by atoms with Crippen molar-refractivity contribution in [1.29, 1.82) is 0 Å². The Labute approximate surface area is 159 Å². The summed E-state index contributed by atoms with van der Waals surface area (Å²) >= 11 is 5.12. The van der Waals surface area contributed by atoms with Crippen LogP contribution in [0.5, 0.6) is 5.75 Å². The number of sulfonamides is 1. The van der Waals surface area contributed by atoms with Crippen molar-refractivity contribution in [2.24, 2.45) is 0 Å². The molecule has 144 valence electrons. The van der Waals surface area contributed by atoms with E-state index in [1.54, 1.807) is 0 Å². The van der Waals surface area contributed by atoms with Gasteiger partial charge in [0.25, 0.3) is 5.91 Å². The van der Waals surface area contributed by atoms with Gasteiger partial charge >= 0.3 is 0 Å². The molecule has 1 atom stereocenters. The minimum absolute atomic E-state index is 0.0457. The number of hydrazine groups is 1. The van der Waals surface area contributed by atoms with Gasteiger partial charge in [0.05, 0.1) is 18.0 Å². The normalized spacial score (nSPS) is 15.9. The predicted molar refractivity (Wildman–Crippen MR) is 102 cm³/mol. The van der Waals surface area contributed by atoms with Crippen LogP contribution >= 0.6 is 12.2 Å². The zero-order valence-corrected chi connectivity index (χ0v) is 16.4. The Bertz CT molecular complexity index is 731. The first-order valence-electron chi connectivity index (χ1n) is 8.34. The van der Waals surface area contributed by atoms with Crippen molar-refractivity contribution < 1.29 is 17.9 Å². The summed E-state index contributed by atoms with van der Waals surface area (Å²) in [5.41, 5.74) is 5.01. The fourth-order valence-electron chi connectivity index (χ4n) is 2.63. The predicted octanol–water partition coefficient (Wildman–Crippen LogP) is 0.800. The number of amides is 1. The van der Waals surface area contributed by atoms with Crippen LogP contribution in [0.25, 0.3) is 0 Å². The molecule has 26 heavy (non-hydrogen) atoms. The number of nitrogens with one attached hydrogen (secondary N) is 4. The summed E-state index contributed by atoms with van der Waals surface area (Å²) in [5, 5.41) is 3.43. The molecule has 1 aromatic carbocycles. The largest absolute Gasteiger partial charge is 0.497 e. The Morgan fingerprint density at radius 2 is 1.81 bits per heavy atom. The molecular weight excluding hydrogens is 376 g/mol. The first kappa shape index (κ1) is 20.4. The first-order chi connectivity index (χ1) is 12.3. The van der Waals surface area contributed by atoms with Gasteiger partial charge < -0.3 is 10.1 Å². The maximum absolute atomic E-state index is 12.3. The number of carbonyl (C=O) groups excluding carboxylic acids is 1. The van der Waals surface area contributed by atoms with Gasteiger partial charge in [-0.1, -0.05) is 12.8 Å². The van der Waals surface area contributed by atoms with Crippen LogP contribution in [0.1, 0.15) is 32.6 Å². The third kappa shape index (κ3) is 5.82. The Hall–Kier alpha value is -1.91. The van der Waals surface area contributed by atoms with Crippen LogP contribution in [-0.2, 0) is 14.8 Å². The van der Waals surface area contributed by atoms with Crippen LogP contribution in [0, 0.1) is 0 Å². The average Bonchev–Trinajstić information content (AvgIpc) is 3.12. The molecule has 0 bridgehead atoms. The summed E-state index contributed by atoms with van der Waals surface area (Å²) in [6.45, 7) is 1.45. The third-order valence-corrected chi connectivity index (χ3v) is 5.86. The number of ether oxygens (including phenoxy) is 1. The molecule has 0 unspecified atom stereocenters. The van der Waals surface area contributed by atoms with E-state index in [0.717, 1.165) is 25.7 Å². The topological polar surface area (TPSA) is 109 Å². The second-order valence-electron chi connectivity index (χ2n) is 6.09. The number of hydrogen-bond acceptors (Lipinski definition) is 5. The SMILES string of the molecule is COc1ccc(S(=O)(=O)N[C@@H](C)C(=O)NNC(=S)NC2CCCC2)cc1. The monoisotopic (exact) mass is 400 g/mol. The van der Waals surface area contributed by atoms with Crippen LogP contribution in [-0.4, -0.2) is 38.6 Å². The minimum Gasteiger partial charge on any atom is -0.497 e. The fraction of sp³-hybridized carbons (Fsp3) is 0.500. The van der Waals surface area contributed by atoms with Crippen LogP contribution in [0.15, 0.2) is 29.2 Å². The van der Waals surface area contributed by atoms with E-state index in [1.165, 1.54) is 38.3 Å². The third-order valence-electron chi connectivity index (χ3n) is 4.08. The lowest BCUT2D eigenvalue weighted by Gasteiger charge is -2.18. The van der Waals surface area contributed by atoms with Gasteiger partial charge in [-0.25, -0.2) is 8.42 Å². The number of hydrogen-bond donors (Lipinski definition) is 4. The molecule has 1 fully saturated rings. The van der Waals surface area contributed by atoms with Crippen molar-refractivity contribution in [2.45, 2.75) is 49.6 Å². The summed E-state index contributed by atoms with van der Waals surface area (Å²) in [6, 6.07) is 5.22. The summed E-state index contributed by atoms with van der Waals surface area (Å²) in [6.07, 6.45) is 4.43. The van der Waals surface area contributed by atoms with E-state index < -0.39 is 22.0 Å². The Kier molecular flexibility index (Phi) is 7.18. The molecule has 0 spiro atoms. The molecule has 4 N–H and O–H groups in total. The molecular formula is C16H24N4O4S2. The quantitative estimate of drug-likeness (QED) is 0.413. The van der Waals surface area contributed by atoms with Crippen LogP contribution in [0.2, 0.25) is 0 Å². The summed E-state index contributed by atoms with van der Waals surface area (Å²) < 4.78 is 32.0. The molecule has 0 saturated heterocycles. The number of thiocarbonyl (C=S) groups is 1. The lowest BCUT2D eigenvalue weighted by Crippen LogP contribution is -2.54. The lowest BCUT2D eigenvalue weighted by atomic mass is 10.3. The molecule has 1 saturated carbocycles. The number of methoxy groups -OCH3 is 1. The molecule has 0 heterocycles. The van der Waals surface area contributed by atoms with E-state index in [2.05, 4.69) is 20.9 Å². The van der Waals surface area contributed by atoms with Gasteiger partial charge in [-0.05, 0) is 56.2 Å². The van der Waals surface area contributed by atoms with E-state index in [9.17, 15) is 13.2 Å². The maximum atomic E-state index is 12.3. The molecule has 1 aliphatic carbocycles. The van der Waals surface area contributed by atoms with E-state index in [1.807, 2.05) is 0 Å². The summed E-state index contributed by atoms with van der Waals surface area (Å²) in [5.74, 6) is -0.000116. The van der Waals surface area contributed by atoms with Gasteiger partial charge in [0.2, 0.25) is 10.0 Å². The minimum atomic E-state index is -3.83. The molecule has 8 nitrogen and oxygen atoms in total. The zero-order chi connectivity index (χ0) is 19.2. The van der Waals surface area contributed by atoms with Crippen LogP contribution in [0.3, 0.4) is 0 Å². The van der Waals surface area contributed by atoms with Crippen molar-refractivity contribution in [3.63, 3.8) is 0 Å². The Morgan fingerprint density at radius 1 is 1.19 bits per heavy atom. The van der Waals surface area contributed by atoms with Gasteiger partial charge in [0.1, 0.15) is 5.75 Å². The second-order valence-corrected chi connectivity index (χ2v) is 8.21. The van der Waals surface area contributed by atoms with Crippen molar-refractivity contribution in [3.8, 4) is 5.75 Å². The molecule has 0 aliphatic heterocycles. The zero-order valence-electron chi connectivity index (χ0n) is 14.7. The highest BCUT2D eigenvalue weighted by molar-refractivity contribution is 7.89. The second kappa shape index (κ2) is 9.15. The highest BCUT2D eigenvalue weighted by Gasteiger charge is 2.22. The maximum Gasteiger partial charge on any atom is 0.256 e. The Morgan fingerprint density at radius 3 is 2.38 bits per heavy atom. The van der Waals surface area contributed by atoms with Crippen molar-refractivity contribution in [2.75, 3.05) is 7.11 Å². The molecule has 2 rings (SSSR count). The molecule has 10 heteroatoms. The van der Waals surface area contributed by atoms with Gasteiger partial charge in [0, 0.05) is 6.04 Å².